The normalized spacial score (nSPS) is 23.1. The lowest BCUT2D eigenvalue weighted by atomic mass is 10.0. The number of rotatable bonds is 4. The first-order chi connectivity index (χ1) is 13.3. The van der Waals surface area contributed by atoms with Gasteiger partial charge in [-0.05, 0) is 43.9 Å². The van der Waals surface area contributed by atoms with Gasteiger partial charge in [0.15, 0.2) is 0 Å². The van der Waals surface area contributed by atoms with Crippen LogP contribution in [0.3, 0.4) is 0 Å². The number of amides is 3. The van der Waals surface area contributed by atoms with Crippen molar-refractivity contribution in [3.63, 3.8) is 0 Å². The Kier molecular flexibility index (Phi) is 3.95. The molecule has 0 bridgehead atoms. The number of carbonyl (C=O) groups is 3. The van der Waals surface area contributed by atoms with Gasteiger partial charge >= 0.3 is 0 Å². The molecule has 27 heavy (non-hydrogen) atoms. The first kappa shape index (κ1) is 16.2. The van der Waals surface area contributed by atoms with Crippen molar-refractivity contribution in [1.82, 2.24) is 20.2 Å². The number of nitrogens with zero attached hydrogens (tertiary/aromatic N) is 2. The Morgan fingerprint density at radius 3 is 2.81 bits per heavy atom. The van der Waals surface area contributed by atoms with Gasteiger partial charge in [0.05, 0.1) is 12.3 Å². The maximum atomic E-state index is 13.1. The summed E-state index contributed by atoms with van der Waals surface area (Å²) in [5.41, 5.74) is 0.669. The number of carbonyl (C=O) groups excluding carboxylic acids is 3. The van der Waals surface area contributed by atoms with Gasteiger partial charge < -0.3 is 5.32 Å². The van der Waals surface area contributed by atoms with Crippen LogP contribution in [-0.4, -0.2) is 27.3 Å². The third kappa shape index (κ3) is 3.34. The van der Waals surface area contributed by atoms with Crippen LogP contribution < -0.4 is 16.2 Å². The molecule has 1 saturated heterocycles. The van der Waals surface area contributed by atoms with Gasteiger partial charge in [-0.1, -0.05) is 6.07 Å². The molecule has 4 rings (SSSR count). The van der Waals surface area contributed by atoms with Crippen LogP contribution in [0.4, 0.5) is 0 Å². The highest BCUT2D eigenvalue weighted by Gasteiger charge is 2.31. The number of imide groups is 1. The zero-order chi connectivity index (χ0) is 20.1. The van der Waals surface area contributed by atoms with Crippen LogP contribution in [0.5, 0.6) is 0 Å². The Morgan fingerprint density at radius 1 is 1.33 bits per heavy atom. The second-order valence-corrected chi connectivity index (χ2v) is 6.97. The molecular formula is C19H20N4O4. The molecule has 1 saturated carbocycles. The molecule has 2 aromatic rings. The number of nitrogens with one attached hydrogen (secondary N) is 2. The van der Waals surface area contributed by atoms with E-state index in [1.165, 1.54) is 0 Å². The molecule has 2 fully saturated rings. The van der Waals surface area contributed by atoms with E-state index in [0.29, 0.717) is 12.1 Å². The second-order valence-electron chi connectivity index (χ2n) is 6.97. The Hall–Kier alpha value is -3.03. The van der Waals surface area contributed by atoms with Gasteiger partial charge in [-0.15, -0.1) is 0 Å². The molecule has 1 aliphatic heterocycles. The van der Waals surface area contributed by atoms with Crippen molar-refractivity contribution >= 4 is 28.6 Å². The lowest BCUT2D eigenvalue weighted by molar-refractivity contribution is -0.135. The number of fused-ring (bicyclic) bond motifs is 1. The van der Waals surface area contributed by atoms with E-state index in [9.17, 15) is 19.2 Å². The van der Waals surface area contributed by atoms with E-state index in [0.717, 1.165) is 23.0 Å². The van der Waals surface area contributed by atoms with Crippen LogP contribution in [0.15, 0.2) is 23.0 Å². The molecule has 8 heteroatoms. The van der Waals surface area contributed by atoms with Gasteiger partial charge in [-0.25, -0.2) is 4.98 Å². The second kappa shape index (κ2) is 6.61. The minimum atomic E-state index is -1.92. The molecule has 8 nitrogen and oxygen atoms in total. The molecule has 0 spiro atoms. The third-order valence-electron chi connectivity index (χ3n) is 4.89. The molecule has 1 aromatic carbocycles. The van der Waals surface area contributed by atoms with E-state index in [-0.39, 0.29) is 35.9 Å². The van der Waals surface area contributed by atoms with Crippen LogP contribution in [-0.2, 0) is 20.9 Å². The maximum absolute atomic E-state index is 13.1. The Labute approximate surface area is 156 Å². The van der Waals surface area contributed by atoms with Gasteiger partial charge in [0, 0.05) is 18.9 Å². The molecule has 2 N–H and O–H groups in total. The average molecular weight is 369 g/mol. The van der Waals surface area contributed by atoms with Gasteiger partial charge in [0.25, 0.3) is 5.56 Å². The number of hydrogen-bond donors (Lipinski definition) is 2. The molecule has 3 amide bonds. The molecular weight excluding hydrogens is 348 g/mol. The maximum Gasteiger partial charge on any atom is 0.262 e. The van der Waals surface area contributed by atoms with Crippen molar-refractivity contribution in [3.8, 4) is 0 Å². The lowest BCUT2D eigenvalue weighted by Gasteiger charge is -2.24. The van der Waals surface area contributed by atoms with Gasteiger partial charge in [0.1, 0.15) is 11.8 Å². The lowest BCUT2D eigenvalue weighted by Crippen LogP contribution is -2.45. The molecule has 1 atom stereocenters. The van der Waals surface area contributed by atoms with Gasteiger partial charge in [-0.2, -0.15) is 0 Å². The molecule has 140 valence electrons. The molecule has 2 heterocycles. The topological polar surface area (TPSA) is 110 Å². The average Bonchev–Trinajstić information content (AvgIpc) is 3.49. The quantitative estimate of drug-likeness (QED) is 0.771. The highest BCUT2D eigenvalue weighted by atomic mass is 16.2. The SMILES string of the molecule is [2H][C@@]1(n2c(C)nc3ccc(CNC(=O)C4CC4)cc3c2=O)CCC(=O)NC1=O. The van der Waals surface area contributed by atoms with Crippen LogP contribution in [0.1, 0.15) is 44.5 Å². The summed E-state index contributed by atoms with van der Waals surface area (Å²) in [6, 6.07) is 3.18. The van der Waals surface area contributed by atoms with E-state index in [2.05, 4.69) is 15.6 Å². The highest BCUT2D eigenvalue weighted by molar-refractivity contribution is 5.99. The summed E-state index contributed by atoms with van der Waals surface area (Å²) < 4.78 is 9.61. The number of piperidine rings is 1. The first-order valence-electron chi connectivity index (χ1n) is 9.44. The first-order valence-corrected chi connectivity index (χ1v) is 8.94. The summed E-state index contributed by atoms with van der Waals surface area (Å²) in [5, 5.41) is 5.24. The minimum Gasteiger partial charge on any atom is -0.352 e. The summed E-state index contributed by atoms with van der Waals surface area (Å²) in [4.78, 5) is 53.1. The van der Waals surface area contributed by atoms with Gasteiger partial charge in [-0.3, -0.25) is 29.1 Å². The van der Waals surface area contributed by atoms with Crippen molar-refractivity contribution in [1.29, 1.82) is 0 Å². The van der Waals surface area contributed by atoms with E-state index in [1.807, 2.05) is 0 Å². The van der Waals surface area contributed by atoms with Crippen molar-refractivity contribution < 1.29 is 15.8 Å². The molecule has 2 aliphatic rings. The Morgan fingerprint density at radius 2 is 2.11 bits per heavy atom. The predicted octanol–water partition coefficient (Wildman–Crippen LogP) is 0.709. The Balaban J connectivity index is 1.73. The van der Waals surface area contributed by atoms with Crippen molar-refractivity contribution in [2.75, 3.05) is 0 Å². The van der Waals surface area contributed by atoms with E-state index >= 15 is 0 Å². The van der Waals surface area contributed by atoms with E-state index in [4.69, 9.17) is 1.37 Å². The van der Waals surface area contributed by atoms with E-state index in [1.54, 1.807) is 25.1 Å². The van der Waals surface area contributed by atoms with Crippen molar-refractivity contribution in [2.24, 2.45) is 5.92 Å². The summed E-state index contributed by atoms with van der Waals surface area (Å²) in [7, 11) is 0. The monoisotopic (exact) mass is 369 g/mol. The zero-order valence-electron chi connectivity index (χ0n) is 15.9. The summed E-state index contributed by atoms with van der Waals surface area (Å²) in [6.07, 6.45) is 1.70. The zero-order valence-corrected chi connectivity index (χ0v) is 14.9. The summed E-state index contributed by atoms with van der Waals surface area (Å²) in [6.45, 7) is 1.85. The fraction of sp³-hybridized carbons (Fsp3) is 0.421. The molecule has 1 aromatic heterocycles. The largest absolute Gasteiger partial charge is 0.352 e. The van der Waals surface area contributed by atoms with Crippen LogP contribution in [0, 0.1) is 12.8 Å². The van der Waals surface area contributed by atoms with Crippen LogP contribution in [0.25, 0.3) is 10.9 Å². The number of benzene rings is 1. The summed E-state index contributed by atoms with van der Waals surface area (Å²) >= 11 is 0. The number of hydrogen-bond acceptors (Lipinski definition) is 5. The fourth-order valence-electron chi connectivity index (χ4n) is 3.27. The standard InChI is InChI=1S/C19H20N4O4/c1-10-21-14-5-2-11(9-20-17(25)12-3-4-12)8-13(14)19(27)23(10)15-6-7-16(24)22-18(15)26/h2,5,8,12,15H,3-4,6-7,9H2,1H3,(H,20,25)(H,22,24,26)/t15-/m1/s1/i15D. The van der Waals surface area contributed by atoms with Crippen molar-refractivity contribution in [3.05, 3.63) is 39.9 Å². The molecule has 1 aliphatic carbocycles. The predicted molar refractivity (Wildman–Crippen MR) is 96.7 cm³/mol. The summed E-state index contributed by atoms with van der Waals surface area (Å²) in [5.74, 6) is -0.957. The van der Waals surface area contributed by atoms with Crippen molar-refractivity contribution in [2.45, 2.75) is 45.2 Å². The molecule has 0 unspecified atom stereocenters. The minimum absolute atomic E-state index is 0.00759. The van der Waals surface area contributed by atoms with Crippen LogP contribution >= 0.6 is 0 Å². The molecule has 0 radical (unpaired) electrons. The third-order valence-corrected chi connectivity index (χ3v) is 4.89. The number of aromatic nitrogens is 2. The van der Waals surface area contributed by atoms with E-state index < -0.39 is 23.4 Å². The Bertz CT molecular complexity index is 1080. The highest BCUT2D eigenvalue weighted by Crippen LogP contribution is 2.28. The smallest absolute Gasteiger partial charge is 0.262 e. The fourth-order valence-corrected chi connectivity index (χ4v) is 3.27. The number of aryl methyl sites for hydroxylation is 1. The van der Waals surface area contributed by atoms with Crippen LogP contribution in [0.2, 0.25) is 0 Å². The van der Waals surface area contributed by atoms with Gasteiger partial charge in [0.2, 0.25) is 17.7 Å².